The van der Waals surface area contributed by atoms with Crippen LogP contribution in [0.3, 0.4) is 0 Å². The number of rotatable bonds is 5. The van der Waals surface area contributed by atoms with Gasteiger partial charge in [0.05, 0.1) is 11.6 Å². The van der Waals surface area contributed by atoms with Crippen molar-refractivity contribution >= 4 is 5.91 Å². The maximum atomic E-state index is 12.5. The number of amides is 1. The van der Waals surface area contributed by atoms with Gasteiger partial charge in [0.25, 0.3) is 5.91 Å². The Morgan fingerprint density at radius 2 is 2.04 bits per heavy atom. The van der Waals surface area contributed by atoms with Crippen molar-refractivity contribution in [1.82, 2.24) is 10.2 Å². The topological polar surface area (TPSA) is 76.4 Å². The quantitative estimate of drug-likeness (QED) is 0.867. The third kappa shape index (κ3) is 4.48. The first-order valence-corrected chi connectivity index (χ1v) is 8.87. The second kappa shape index (κ2) is 8.61. The molecular formula is C21H23N3O2. The van der Waals surface area contributed by atoms with Gasteiger partial charge in [-0.2, -0.15) is 5.26 Å². The molecular weight excluding hydrogens is 326 g/mol. The van der Waals surface area contributed by atoms with E-state index >= 15 is 0 Å². The molecule has 3 rings (SSSR count). The standard InChI is InChI=1S/C21H23N3O2/c22-12-16-5-4-6-17(11-16)13-24-10-9-19(15-25)20(14-24)23-21(26)18-7-2-1-3-8-18/h1-8,11,19-20,25H,9-10,13-15H2,(H,23,26)/t19-,20-/m1/s1. The molecule has 134 valence electrons. The molecule has 1 aliphatic rings. The summed E-state index contributed by atoms with van der Waals surface area (Å²) in [6, 6.07) is 18.8. The molecule has 1 fully saturated rings. The van der Waals surface area contributed by atoms with Gasteiger partial charge >= 0.3 is 0 Å². The van der Waals surface area contributed by atoms with Gasteiger partial charge in [0.1, 0.15) is 0 Å². The van der Waals surface area contributed by atoms with Gasteiger partial charge in [0.2, 0.25) is 0 Å². The highest BCUT2D eigenvalue weighted by Gasteiger charge is 2.30. The summed E-state index contributed by atoms with van der Waals surface area (Å²) in [4.78, 5) is 14.7. The Kier molecular flexibility index (Phi) is 6.00. The Morgan fingerprint density at radius 1 is 1.23 bits per heavy atom. The van der Waals surface area contributed by atoms with Crippen molar-refractivity contribution in [1.29, 1.82) is 5.26 Å². The van der Waals surface area contributed by atoms with Crippen molar-refractivity contribution in [3.8, 4) is 6.07 Å². The molecule has 2 atom stereocenters. The maximum absolute atomic E-state index is 12.5. The van der Waals surface area contributed by atoms with Crippen LogP contribution < -0.4 is 5.32 Å². The van der Waals surface area contributed by atoms with Crippen LogP contribution in [0, 0.1) is 17.2 Å². The van der Waals surface area contributed by atoms with Gasteiger partial charge in [0.15, 0.2) is 0 Å². The number of hydrogen-bond donors (Lipinski definition) is 2. The van der Waals surface area contributed by atoms with E-state index in [2.05, 4.69) is 16.3 Å². The van der Waals surface area contributed by atoms with Gasteiger partial charge < -0.3 is 10.4 Å². The summed E-state index contributed by atoms with van der Waals surface area (Å²) < 4.78 is 0. The minimum Gasteiger partial charge on any atom is -0.396 e. The minimum atomic E-state index is -0.109. The molecule has 0 saturated carbocycles. The summed E-state index contributed by atoms with van der Waals surface area (Å²) in [7, 11) is 0. The zero-order chi connectivity index (χ0) is 18.4. The van der Waals surface area contributed by atoms with Gasteiger partial charge in [-0.3, -0.25) is 9.69 Å². The van der Waals surface area contributed by atoms with Crippen molar-refractivity contribution in [3.63, 3.8) is 0 Å². The van der Waals surface area contributed by atoms with Gasteiger partial charge in [-0.25, -0.2) is 0 Å². The minimum absolute atomic E-state index is 0.0596. The van der Waals surface area contributed by atoms with Gasteiger partial charge in [-0.15, -0.1) is 0 Å². The summed E-state index contributed by atoms with van der Waals surface area (Å²) in [5.41, 5.74) is 2.37. The summed E-state index contributed by atoms with van der Waals surface area (Å²) in [5, 5.41) is 21.8. The Labute approximate surface area is 153 Å². The van der Waals surface area contributed by atoms with Crippen LogP contribution in [-0.4, -0.2) is 41.7 Å². The number of nitrogens with one attached hydrogen (secondary N) is 1. The third-order valence-corrected chi connectivity index (χ3v) is 4.89. The second-order valence-electron chi connectivity index (χ2n) is 6.72. The first-order valence-electron chi connectivity index (χ1n) is 8.87. The lowest BCUT2D eigenvalue weighted by Crippen LogP contribution is -2.53. The van der Waals surface area contributed by atoms with E-state index in [0.29, 0.717) is 17.7 Å². The Hall–Kier alpha value is -2.68. The van der Waals surface area contributed by atoms with Crippen LogP contribution in [0.2, 0.25) is 0 Å². The largest absolute Gasteiger partial charge is 0.396 e. The van der Waals surface area contributed by atoms with Crippen LogP contribution in [0.25, 0.3) is 0 Å². The molecule has 1 amide bonds. The number of aliphatic hydroxyl groups is 1. The normalized spacial score (nSPS) is 20.3. The number of nitrogens with zero attached hydrogens (tertiary/aromatic N) is 2. The molecule has 0 unspecified atom stereocenters. The third-order valence-electron chi connectivity index (χ3n) is 4.89. The molecule has 0 radical (unpaired) electrons. The molecule has 26 heavy (non-hydrogen) atoms. The lowest BCUT2D eigenvalue weighted by molar-refractivity contribution is 0.0730. The van der Waals surface area contributed by atoms with E-state index in [1.54, 1.807) is 18.2 Å². The van der Waals surface area contributed by atoms with E-state index in [1.165, 1.54) is 0 Å². The Bertz CT molecular complexity index is 785. The van der Waals surface area contributed by atoms with Crippen molar-refractivity contribution in [2.45, 2.75) is 19.0 Å². The number of carbonyl (C=O) groups excluding carboxylic acids is 1. The zero-order valence-corrected chi connectivity index (χ0v) is 14.6. The molecule has 0 aliphatic carbocycles. The number of likely N-dealkylation sites (tertiary alicyclic amines) is 1. The van der Waals surface area contributed by atoms with Gasteiger partial charge in [0, 0.05) is 37.2 Å². The van der Waals surface area contributed by atoms with Crippen molar-refractivity contribution in [3.05, 3.63) is 71.3 Å². The van der Waals surface area contributed by atoms with Crippen LogP contribution in [-0.2, 0) is 6.54 Å². The fourth-order valence-electron chi connectivity index (χ4n) is 3.43. The molecule has 0 spiro atoms. The molecule has 1 aliphatic heterocycles. The predicted molar refractivity (Wildman–Crippen MR) is 99.3 cm³/mol. The van der Waals surface area contributed by atoms with Gasteiger partial charge in [-0.1, -0.05) is 30.3 Å². The van der Waals surface area contributed by atoms with E-state index in [-0.39, 0.29) is 24.5 Å². The molecule has 0 aromatic heterocycles. The number of hydrogen-bond acceptors (Lipinski definition) is 4. The fourth-order valence-corrected chi connectivity index (χ4v) is 3.43. The Balaban J connectivity index is 1.66. The van der Waals surface area contributed by atoms with Crippen molar-refractivity contribution < 1.29 is 9.90 Å². The van der Waals surface area contributed by atoms with E-state index < -0.39 is 0 Å². The average Bonchev–Trinajstić information content (AvgIpc) is 2.69. The number of benzene rings is 2. The van der Waals surface area contributed by atoms with Crippen LogP contribution in [0.15, 0.2) is 54.6 Å². The van der Waals surface area contributed by atoms with Crippen molar-refractivity contribution in [2.75, 3.05) is 19.7 Å². The molecule has 1 saturated heterocycles. The highest BCUT2D eigenvalue weighted by Crippen LogP contribution is 2.20. The summed E-state index contributed by atoms with van der Waals surface area (Å²) in [5.74, 6) is -0.0493. The maximum Gasteiger partial charge on any atom is 0.251 e. The molecule has 2 N–H and O–H groups in total. The summed E-state index contributed by atoms with van der Waals surface area (Å²) in [6.07, 6.45) is 0.828. The van der Waals surface area contributed by atoms with Crippen LogP contribution in [0.4, 0.5) is 0 Å². The lowest BCUT2D eigenvalue weighted by atomic mass is 9.91. The molecule has 5 heteroatoms. The van der Waals surface area contributed by atoms with E-state index in [9.17, 15) is 9.90 Å². The smallest absolute Gasteiger partial charge is 0.251 e. The van der Waals surface area contributed by atoms with Crippen LogP contribution >= 0.6 is 0 Å². The summed E-state index contributed by atoms with van der Waals surface area (Å²) >= 11 is 0. The van der Waals surface area contributed by atoms with E-state index in [4.69, 9.17) is 5.26 Å². The lowest BCUT2D eigenvalue weighted by Gasteiger charge is -2.38. The van der Waals surface area contributed by atoms with Crippen LogP contribution in [0.5, 0.6) is 0 Å². The number of piperidine rings is 1. The molecule has 5 nitrogen and oxygen atoms in total. The number of aliphatic hydroxyl groups excluding tert-OH is 1. The number of carbonyl (C=O) groups is 1. The molecule has 2 aromatic carbocycles. The van der Waals surface area contributed by atoms with Gasteiger partial charge in [-0.05, 0) is 42.8 Å². The van der Waals surface area contributed by atoms with E-state index in [0.717, 1.165) is 25.1 Å². The first-order chi connectivity index (χ1) is 12.7. The van der Waals surface area contributed by atoms with Crippen LogP contribution in [0.1, 0.15) is 27.9 Å². The second-order valence-corrected chi connectivity index (χ2v) is 6.72. The first kappa shape index (κ1) is 18.1. The Morgan fingerprint density at radius 3 is 2.77 bits per heavy atom. The SMILES string of the molecule is N#Cc1cccc(CN2CC[C@H](CO)[C@H](NC(=O)c3ccccc3)C2)c1. The summed E-state index contributed by atoms with van der Waals surface area (Å²) in [6.45, 7) is 2.34. The molecule has 2 aromatic rings. The van der Waals surface area contributed by atoms with E-state index in [1.807, 2.05) is 36.4 Å². The monoisotopic (exact) mass is 349 g/mol. The van der Waals surface area contributed by atoms with Crippen molar-refractivity contribution in [2.24, 2.45) is 5.92 Å². The highest BCUT2D eigenvalue weighted by atomic mass is 16.3. The number of nitriles is 1. The zero-order valence-electron chi connectivity index (χ0n) is 14.6. The predicted octanol–water partition coefficient (Wildman–Crippen LogP) is 2.17. The molecule has 0 bridgehead atoms. The fraction of sp³-hybridized carbons (Fsp3) is 0.333. The average molecular weight is 349 g/mol. The molecule has 1 heterocycles. The highest BCUT2D eigenvalue weighted by molar-refractivity contribution is 5.94.